The first kappa shape index (κ1) is 13.0. The fraction of sp³-hybridized carbons (Fsp3) is 0.357. The molecule has 0 saturated carbocycles. The molecule has 0 amide bonds. The molecule has 2 rings (SSSR count). The normalized spacial score (nSPS) is 12.3. The van der Waals surface area contributed by atoms with E-state index in [2.05, 4.69) is 40.2 Å². The molecule has 4 heteroatoms. The van der Waals surface area contributed by atoms with E-state index in [4.69, 9.17) is 0 Å². The predicted octanol–water partition coefficient (Wildman–Crippen LogP) is 3.43. The summed E-state index contributed by atoms with van der Waals surface area (Å²) in [6.07, 6.45) is 7.10. The van der Waals surface area contributed by atoms with Crippen LogP contribution in [0.5, 0.6) is 0 Å². The van der Waals surface area contributed by atoms with Crippen LogP contribution in [0.15, 0.2) is 42.7 Å². The third kappa shape index (κ3) is 3.29. The van der Waals surface area contributed by atoms with Gasteiger partial charge in [0.25, 0.3) is 0 Å². The largest absolute Gasteiger partial charge is 0.355 e. The van der Waals surface area contributed by atoms with Crippen molar-refractivity contribution in [1.82, 2.24) is 9.55 Å². The SMILES string of the molecule is CSC(C)CCNc1nccn1-c1ccccc1. The molecule has 0 radical (unpaired) electrons. The van der Waals surface area contributed by atoms with Crippen LogP contribution >= 0.6 is 11.8 Å². The Hall–Kier alpha value is -1.42. The van der Waals surface area contributed by atoms with E-state index in [1.165, 1.54) is 0 Å². The van der Waals surface area contributed by atoms with Gasteiger partial charge < -0.3 is 5.32 Å². The van der Waals surface area contributed by atoms with E-state index in [1.54, 1.807) is 0 Å². The van der Waals surface area contributed by atoms with Gasteiger partial charge in [-0.05, 0) is 24.8 Å². The highest BCUT2D eigenvalue weighted by Gasteiger charge is 2.04. The van der Waals surface area contributed by atoms with Crippen molar-refractivity contribution >= 4 is 17.7 Å². The van der Waals surface area contributed by atoms with Gasteiger partial charge in [-0.1, -0.05) is 25.1 Å². The highest BCUT2D eigenvalue weighted by atomic mass is 32.2. The molecule has 2 aromatic rings. The molecule has 0 fully saturated rings. The summed E-state index contributed by atoms with van der Waals surface area (Å²) in [5.74, 6) is 0.912. The maximum Gasteiger partial charge on any atom is 0.207 e. The van der Waals surface area contributed by atoms with Crippen LogP contribution in [0.2, 0.25) is 0 Å². The Bertz CT molecular complexity index is 467. The van der Waals surface area contributed by atoms with Gasteiger partial charge >= 0.3 is 0 Å². The number of benzene rings is 1. The molecule has 1 heterocycles. The van der Waals surface area contributed by atoms with Crippen molar-refractivity contribution in [3.05, 3.63) is 42.7 Å². The molecule has 18 heavy (non-hydrogen) atoms. The minimum absolute atomic E-state index is 0.678. The quantitative estimate of drug-likeness (QED) is 0.864. The van der Waals surface area contributed by atoms with Gasteiger partial charge in [-0.25, -0.2) is 4.98 Å². The number of rotatable bonds is 6. The Morgan fingerprint density at radius 1 is 1.33 bits per heavy atom. The average Bonchev–Trinajstić information content (AvgIpc) is 2.88. The van der Waals surface area contributed by atoms with E-state index in [1.807, 2.05) is 42.4 Å². The summed E-state index contributed by atoms with van der Waals surface area (Å²) in [5.41, 5.74) is 1.13. The molecular weight excluding hydrogens is 242 g/mol. The van der Waals surface area contributed by atoms with Crippen molar-refractivity contribution in [2.24, 2.45) is 0 Å². The number of hydrogen-bond acceptors (Lipinski definition) is 3. The summed E-state index contributed by atoms with van der Waals surface area (Å²) in [6, 6.07) is 10.3. The molecule has 0 spiro atoms. The Morgan fingerprint density at radius 2 is 2.11 bits per heavy atom. The Morgan fingerprint density at radius 3 is 2.83 bits per heavy atom. The summed E-state index contributed by atoms with van der Waals surface area (Å²) >= 11 is 1.90. The molecule has 1 unspecified atom stereocenters. The first-order chi connectivity index (χ1) is 8.81. The molecule has 1 aromatic carbocycles. The van der Waals surface area contributed by atoms with E-state index >= 15 is 0 Å². The zero-order valence-electron chi connectivity index (χ0n) is 10.8. The van der Waals surface area contributed by atoms with Crippen LogP contribution in [0, 0.1) is 0 Å². The number of thioether (sulfide) groups is 1. The van der Waals surface area contributed by atoms with E-state index < -0.39 is 0 Å². The number of imidazole rings is 1. The molecule has 0 bridgehead atoms. The molecule has 0 aliphatic heterocycles. The third-order valence-corrected chi connectivity index (χ3v) is 3.95. The van der Waals surface area contributed by atoms with Gasteiger partial charge in [-0.3, -0.25) is 4.57 Å². The topological polar surface area (TPSA) is 29.9 Å². The molecule has 1 aromatic heterocycles. The molecule has 0 aliphatic rings. The summed E-state index contributed by atoms with van der Waals surface area (Å²) in [5, 5.41) is 4.07. The van der Waals surface area contributed by atoms with Crippen LogP contribution in [0.25, 0.3) is 5.69 Å². The predicted molar refractivity (Wildman–Crippen MR) is 79.6 cm³/mol. The summed E-state index contributed by atoms with van der Waals surface area (Å²) in [4.78, 5) is 4.36. The minimum Gasteiger partial charge on any atom is -0.355 e. The zero-order valence-corrected chi connectivity index (χ0v) is 11.7. The molecule has 1 atom stereocenters. The summed E-state index contributed by atoms with van der Waals surface area (Å²) in [6.45, 7) is 3.20. The van der Waals surface area contributed by atoms with Crippen LogP contribution in [-0.2, 0) is 0 Å². The maximum atomic E-state index is 4.36. The Balaban J connectivity index is 2.00. The number of aromatic nitrogens is 2. The number of nitrogens with one attached hydrogen (secondary N) is 1. The highest BCUT2D eigenvalue weighted by Crippen LogP contribution is 2.15. The molecular formula is C14H19N3S. The number of para-hydroxylation sites is 1. The van der Waals surface area contributed by atoms with Crippen molar-refractivity contribution in [3.63, 3.8) is 0 Å². The standard InChI is InChI=1S/C14H19N3S/c1-12(18-2)8-9-15-14-16-10-11-17(14)13-6-4-3-5-7-13/h3-7,10-12H,8-9H2,1-2H3,(H,15,16). The Labute approximate surface area is 113 Å². The second kappa shape index (κ2) is 6.50. The average molecular weight is 261 g/mol. The first-order valence-corrected chi connectivity index (χ1v) is 7.45. The number of anilines is 1. The van der Waals surface area contributed by atoms with Crippen LogP contribution in [0.3, 0.4) is 0 Å². The second-order valence-corrected chi connectivity index (χ2v) is 5.49. The van der Waals surface area contributed by atoms with Gasteiger partial charge in [0.05, 0.1) is 0 Å². The van der Waals surface area contributed by atoms with Crippen molar-refractivity contribution in [2.75, 3.05) is 18.1 Å². The van der Waals surface area contributed by atoms with Crippen LogP contribution < -0.4 is 5.32 Å². The van der Waals surface area contributed by atoms with E-state index in [0.717, 1.165) is 24.6 Å². The lowest BCUT2D eigenvalue weighted by atomic mass is 10.3. The fourth-order valence-electron chi connectivity index (χ4n) is 1.74. The smallest absolute Gasteiger partial charge is 0.207 e. The molecule has 96 valence electrons. The van der Waals surface area contributed by atoms with Crippen molar-refractivity contribution in [1.29, 1.82) is 0 Å². The Kier molecular flexibility index (Phi) is 4.70. The van der Waals surface area contributed by atoms with Gasteiger partial charge in [-0.2, -0.15) is 11.8 Å². The van der Waals surface area contributed by atoms with Crippen LogP contribution in [0.4, 0.5) is 5.95 Å². The van der Waals surface area contributed by atoms with Crippen LogP contribution in [0.1, 0.15) is 13.3 Å². The third-order valence-electron chi connectivity index (χ3n) is 2.91. The lowest BCUT2D eigenvalue weighted by Gasteiger charge is -2.11. The fourth-order valence-corrected chi connectivity index (χ4v) is 2.09. The monoisotopic (exact) mass is 261 g/mol. The molecule has 0 saturated heterocycles. The van der Waals surface area contributed by atoms with E-state index in [-0.39, 0.29) is 0 Å². The van der Waals surface area contributed by atoms with Crippen LogP contribution in [-0.4, -0.2) is 27.6 Å². The highest BCUT2D eigenvalue weighted by molar-refractivity contribution is 7.99. The molecule has 1 N–H and O–H groups in total. The first-order valence-electron chi connectivity index (χ1n) is 6.16. The second-order valence-electron chi connectivity index (χ2n) is 4.22. The van der Waals surface area contributed by atoms with Gasteiger partial charge in [0.1, 0.15) is 0 Å². The van der Waals surface area contributed by atoms with Gasteiger partial charge in [0.15, 0.2) is 0 Å². The molecule has 3 nitrogen and oxygen atoms in total. The van der Waals surface area contributed by atoms with Crippen molar-refractivity contribution in [3.8, 4) is 5.69 Å². The number of hydrogen-bond donors (Lipinski definition) is 1. The minimum atomic E-state index is 0.678. The molecule has 0 aliphatic carbocycles. The summed E-state index contributed by atoms with van der Waals surface area (Å²) in [7, 11) is 0. The van der Waals surface area contributed by atoms with Gasteiger partial charge in [0.2, 0.25) is 5.95 Å². The van der Waals surface area contributed by atoms with Crippen molar-refractivity contribution < 1.29 is 0 Å². The zero-order chi connectivity index (χ0) is 12.8. The summed E-state index contributed by atoms with van der Waals surface area (Å²) < 4.78 is 2.07. The lowest BCUT2D eigenvalue weighted by Crippen LogP contribution is -2.11. The number of nitrogens with zero attached hydrogens (tertiary/aromatic N) is 2. The van der Waals surface area contributed by atoms with Gasteiger partial charge in [0, 0.05) is 29.9 Å². The van der Waals surface area contributed by atoms with Crippen molar-refractivity contribution in [2.45, 2.75) is 18.6 Å². The van der Waals surface area contributed by atoms with Gasteiger partial charge in [-0.15, -0.1) is 0 Å². The van der Waals surface area contributed by atoms with E-state index in [0.29, 0.717) is 5.25 Å². The maximum absolute atomic E-state index is 4.36. The lowest BCUT2D eigenvalue weighted by molar-refractivity contribution is 0.840. The van der Waals surface area contributed by atoms with E-state index in [9.17, 15) is 0 Å².